The first-order valence-electron chi connectivity index (χ1n) is 10.1. The molecule has 0 unspecified atom stereocenters. The minimum atomic E-state index is -0.0432. The van der Waals surface area contributed by atoms with Gasteiger partial charge in [0.25, 0.3) is 5.91 Å². The first-order chi connectivity index (χ1) is 14.6. The number of methoxy groups -OCH3 is 1. The van der Waals surface area contributed by atoms with Gasteiger partial charge >= 0.3 is 0 Å². The molecule has 1 aromatic heterocycles. The fourth-order valence-corrected chi connectivity index (χ4v) is 4.99. The molecule has 0 aliphatic carbocycles. The van der Waals surface area contributed by atoms with Crippen LogP contribution in [0.25, 0.3) is 17.0 Å². The maximum atomic E-state index is 13.0. The largest absolute Gasteiger partial charge is 0.385 e. The fourth-order valence-electron chi connectivity index (χ4n) is 3.69. The fraction of sp³-hybridized carbons (Fsp3) is 0.409. The summed E-state index contributed by atoms with van der Waals surface area (Å²) in [6, 6.07) is 8.29. The molecule has 4 rings (SSSR count). The number of rotatable bonds is 6. The number of thiocarbonyl (C=S) groups is 1. The minimum absolute atomic E-state index is 0.0432. The van der Waals surface area contributed by atoms with E-state index in [1.807, 2.05) is 12.1 Å². The molecule has 158 valence electrons. The summed E-state index contributed by atoms with van der Waals surface area (Å²) in [5.41, 5.74) is 3.06. The summed E-state index contributed by atoms with van der Waals surface area (Å²) < 4.78 is 11.2. The molecule has 2 aromatic rings. The number of benzene rings is 1. The highest BCUT2D eigenvalue weighted by Crippen LogP contribution is 2.35. The van der Waals surface area contributed by atoms with Crippen LogP contribution in [0, 0.1) is 6.92 Å². The van der Waals surface area contributed by atoms with E-state index in [9.17, 15) is 4.79 Å². The molecule has 3 heterocycles. The van der Waals surface area contributed by atoms with Crippen molar-refractivity contribution >= 4 is 57.0 Å². The summed E-state index contributed by atoms with van der Waals surface area (Å²) in [5, 5.41) is 1.06. The van der Waals surface area contributed by atoms with Gasteiger partial charge < -0.3 is 14.4 Å². The number of para-hydroxylation sites is 1. The molecular formula is C22H25N3O3S2. The van der Waals surface area contributed by atoms with Crippen molar-refractivity contribution < 1.29 is 14.3 Å². The van der Waals surface area contributed by atoms with Gasteiger partial charge in [0.1, 0.15) is 10.1 Å². The van der Waals surface area contributed by atoms with Crippen LogP contribution in [0.1, 0.15) is 17.5 Å². The van der Waals surface area contributed by atoms with Crippen LogP contribution in [0.5, 0.6) is 0 Å². The van der Waals surface area contributed by atoms with E-state index in [1.54, 1.807) is 12.0 Å². The standard InChI is InChI=1S/C22H25N3O3S2/c1-15-5-3-6-16-13-17(20(23-19(15)16)24-8-11-28-12-9-24)14-18-21(26)25(22(29)30-18)7-4-10-27-2/h3,5-6,13-14H,4,7-12H2,1-2H3/b18-14-. The van der Waals surface area contributed by atoms with Gasteiger partial charge in [0.15, 0.2) is 0 Å². The van der Waals surface area contributed by atoms with Crippen LogP contribution >= 0.6 is 24.0 Å². The third-order valence-corrected chi connectivity index (χ3v) is 6.63. The molecule has 0 bridgehead atoms. The zero-order valence-corrected chi connectivity index (χ0v) is 18.9. The van der Waals surface area contributed by atoms with Gasteiger partial charge in [-0.2, -0.15) is 0 Å². The summed E-state index contributed by atoms with van der Waals surface area (Å²) in [7, 11) is 1.66. The Morgan fingerprint density at radius 1 is 1.33 bits per heavy atom. The maximum Gasteiger partial charge on any atom is 0.266 e. The molecule has 8 heteroatoms. The monoisotopic (exact) mass is 443 g/mol. The number of aryl methyl sites for hydroxylation is 1. The van der Waals surface area contributed by atoms with Gasteiger partial charge in [0, 0.05) is 44.3 Å². The highest BCUT2D eigenvalue weighted by Gasteiger charge is 2.32. The summed E-state index contributed by atoms with van der Waals surface area (Å²) in [5.74, 6) is 0.850. The summed E-state index contributed by atoms with van der Waals surface area (Å²) in [4.78, 5) is 22.5. The number of carbonyl (C=O) groups is 1. The molecule has 2 fully saturated rings. The number of hydrogen-bond donors (Lipinski definition) is 0. The molecular weight excluding hydrogens is 418 g/mol. The Hall–Kier alpha value is -2.00. The van der Waals surface area contributed by atoms with Crippen molar-refractivity contribution in [1.82, 2.24) is 9.88 Å². The van der Waals surface area contributed by atoms with Crippen LogP contribution in [-0.4, -0.2) is 66.7 Å². The average Bonchev–Trinajstić information content (AvgIpc) is 3.02. The van der Waals surface area contributed by atoms with Gasteiger partial charge in [0.2, 0.25) is 0 Å². The van der Waals surface area contributed by atoms with Gasteiger partial charge in [-0.25, -0.2) is 4.98 Å². The summed E-state index contributed by atoms with van der Waals surface area (Å²) in [6.45, 7) is 6.16. The molecule has 30 heavy (non-hydrogen) atoms. The Bertz CT molecular complexity index is 1000. The number of aromatic nitrogens is 1. The van der Waals surface area contributed by atoms with E-state index in [4.69, 9.17) is 26.7 Å². The van der Waals surface area contributed by atoms with Gasteiger partial charge in [-0.3, -0.25) is 9.69 Å². The SMILES string of the molecule is COCCCN1C(=O)/C(=C/c2cc3cccc(C)c3nc2N2CCOCC2)SC1=S. The lowest BCUT2D eigenvalue weighted by molar-refractivity contribution is -0.122. The van der Waals surface area contributed by atoms with Crippen LogP contribution in [-0.2, 0) is 14.3 Å². The summed E-state index contributed by atoms with van der Waals surface area (Å²) >= 11 is 6.81. The molecule has 0 N–H and O–H groups in total. The van der Waals surface area contributed by atoms with Crippen LogP contribution in [0.3, 0.4) is 0 Å². The Morgan fingerprint density at radius 3 is 2.90 bits per heavy atom. The number of ether oxygens (including phenoxy) is 2. The van der Waals surface area contributed by atoms with Crippen molar-refractivity contribution in [3.8, 4) is 0 Å². The molecule has 2 aliphatic rings. The number of pyridine rings is 1. The van der Waals surface area contributed by atoms with Crippen molar-refractivity contribution in [2.24, 2.45) is 0 Å². The van der Waals surface area contributed by atoms with Crippen molar-refractivity contribution in [2.75, 3.05) is 51.5 Å². The normalized spacial score (nSPS) is 18.8. The molecule has 1 aromatic carbocycles. The highest BCUT2D eigenvalue weighted by molar-refractivity contribution is 8.26. The third kappa shape index (κ3) is 4.37. The molecule has 0 radical (unpaired) electrons. The van der Waals surface area contributed by atoms with Gasteiger partial charge in [-0.15, -0.1) is 0 Å². The van der Waals surface area contributed by atoms with E-state index in [1.165, 1.54) is 11.8 Å². The lowest BCUT2D eigenvalue weighted by atomic mass is 10.1. The molecule has 0 saturated carbocycles. The van der Waals surface area contributed by atoms with Crippen LogP contribution < -0.4 is 4.90 Å². The zero-order chi connectivity index (χ0) is 21.1. The number of amides is 1. The van der Waals surface area contributed by atoms with E-state index in [-0.39, 0.29) is 5.91 Å². The molecule has 2 aliphatic heterocycles. The lowest BCUT2D eigenvalue weighted by Gasteiger charge is -2.29. The second kappa shape index (κ2) is 9.43. The lowest BCUT2D eigenvalue weighted by Crippen LogP contribution is -2.37. The number of anilines is 1. The number of carbonyl (C=O) groups excluding carboxylic acids is 1. The maximum absolute atomic E-state index is 13.0. The van der Waals surface area contributed by atoms with Gasteiger partial charge in [-0.05, 0) is 31.1 Å². The first kappa shape index (κ1) is 21.2. The number of fused-ring (bicyclic) bond motifs is 1. The van der Waals surface area contributed by atoms with Crippen molar-refractivity contribution in [3.05, 3.63) is 40.3 Å². The third-order valence-electron chi connectivity index (χ3n) is 5.26. The number of hydrogen-bond acceptors (Lipinski definition) is 7. The van der Waals surface area contributed by atoms with Gasteiger partial charge in [0.05, 0.1) is 23.6 Å². The zero-order valence-electron chi connectivity index (χ0n) is 17.2. The summed E-state index contributed by atoms with van der Waals surface area (Å²) in [6.07, 6.45) is 2.70. The number of thioether (sulfide) groups is 1. The number of morpholine rings is 1. The molecule has 0 atom stereocenters. The molecule has 6 nitrogen and oxygen atoms in total. The first-order valence-corrected chi connectivity index (χ1v) is 11.3. The smallest absolute Gasteiger partial charge is 0.266 e. The van der Waals surface area contributed by atoms with E-state index in [0.29, 0.717) is 35.6 Å². The quantitative estimate of drug-likeness (QED) is 0.384. The Kier molecular flexibility index (Phi) is 6.67. The van der Waals surface area contributed by atoms with Crippen LogP contribution in [0.4, 0.5) is 5.82 Å². The highest BCUT2D eigenvalue weighted by atomic mass is 32.2. The second-order valence-corrected chi connectivity index (χ2v) is 9.00. The van der Waals surface area contributed by atoms with Crippen molar-refractivity contribution in [3.63, 3.8) is 0 Å². The van der Waals surface area contributed by atoms with E-state index < -0.39 is 0 Å². The van der Waals surface area contributed by atoms with Gasteiger partial charge in [-0.1, -0.05) is 42.2 Å². The van der Waals surface area contributed by atoms with E-state index in [0.717, 1.165) is 47.4 Å². The average molecular weight is 444 g/mol. The van der Waals surface area contributed by atoms with Crippen LogP contribution in [0.15, 0.2) is 29.2 Å². The predicted molar refractivity (Wildman–Crippen MR) is 126 cm³/mol. The minimum Gasteiger partial charge on any atom is -0.385 e. The number of nitrogens with zero attached hydrogens (tertiary/aromatic N) is 3. The Balaban J connectivity index is 1.72. The Morgan fingerprint density at radius 2 is 2.13 bits per heavy atom. The topological polar surface area (TPSA) is 54.9 Å². The molecule has 1 amide bonds. The Labute approximate surface area is 186 Å². The molecule has 0 spiro atoms. The second-order valence-electron chi connectivity index (χ2n) is 7.33. The predicted octanol–water partition coefficient (Wildman–Crippen LogP) is 3.62. The van der Waals surface area contributed by atoms with Crippen molar-refractivity contribution in [1.29, 1.82) is 0 Å². The van der Waals surface area contributed by atoms with Crippen molar-refractivity contribution in [2.45, 2.75) is 13.3 Å². The van der Waals surface area contributed by atoms with E-state index in [2.05, 4.69) is 30.0 Å². The molecule has 2 saturated heterocycles. The van der Waals surface area contributed by atoms with E-state index >= 15 is 0 Å². The van der Waals surface area contributed by atoms with Crippen LogP contribution in [0.2, 0.25) is 0 Å².